The largest absolute Gasteiger partial charge is 0.493 e. The molecule has 212 valence electrons. The molecule has 4 aromatic rings. The summed E-state index contributed by atoms with van der Waals surface area (Å²) in [6, 6.07) is 19.0. The minimum atomic E-state index is -1.29. The average Bonchev–Trinajstić information content (AvgIpc) is 3.83. The number of nitrogens with zero attached hydrogens (tertiary/aromatic N) is 3. The number of aromatic nitrogens is 1. The van der Waals surface area contributed by atoms with E-state index in [2.05, 4.69) is 4.90 Å². The summed E-state index contributed by atoms with van der Waals surface area (Å²) in [7, 11) is 1.64. The number of aromatic carboxylic acids is 1. The van der Waals surface area contributed by atoms with Crippen molar-refractivity contribution in [1.29, 1.82) is 0 Å². The first-order chi connectivity index (χ1) is 19.9. The van der Waals surface area contributed by atoms with Crippen molar-refractivity contribution < 1.29 is 23.8 Å². The molecule has 1 aromatic heterocycles. The molecule has 0 bridgehead atoms. The molecule has 6 rings (SSSR count). The van der Waals surface area contributed by atoms with E-state index in [4.69, 9.17) is 9.47 Å². The number of pyridine rings is 1. The van der Waals surface area contributed by atoms with Gasteiger partial charge in [0.2, 0.25) is 5.43 Å². The van der Waals surface area contributed by atoms with Crippen LogP contribution >= 0.6 is 0 Å². The fourth-order valence-electron chi connectivity index (χ4n) is 5.48. The van der Waals surface area contributed by atoms with Gasteiger partial charge in [0.15, 0.2) is 11.5 Å². The lowest BCUT2D eigenvalue weighted by molar-refractivity contribution is 0.0695. The van der Waals surface area contributed by atoms with Crippen LogP contribution in [-0.4, -0.2) is 53.8 Å². The zero-order chi connectivity index (χ0) is 28.5. The number of hydrogen-bond acceptors (Lipinski definition) is 6. The number of halogens is 1. The van der Waals surface area contributed by atoms with E-state index < -0.39 is 17.2 Å². The smallest absolute Gasteiger partial charge is 0.341 e. The van der Waals surface area contributed by atoms with Gasteiger partial charge in [-0.05, 0) is 48.2 Å². The molecular formula is C32H32FN3O5. The Hall–Kier alpha value is -4.37. The highest BCUT2D eigenvalue weighted by Crippen LogP contribution is 2.38. The van der Waals surface area contributed by atoms with Crippen LogP contribution in [0.15, 0.2) is 71.7 Å². The number of carboxylic acids is 1. The topological polar surface area (TPSA) is 84.2 Å². The van der Waals surface area contributed by atoms with Crippen LogP contribution in [0.3, 0.4) is 0 Å². The zero-order valence-electron chi connectivity index (χ0n) is 22.9. The molecule has 0 unspecified atom stereocenters. The maximum Gasteiger partial charge on any atom is 0.341 e. The number of methoxy groups -OCH3 is 1. The van der Waals surface area contributed by atoms with Crippen molar-refractivity contribution in [2.45, 2.75) is 32.0 Å². The predicted octanol–water partition coefficient (Wildman–Crippen LogP) is 5.08. The van der Waals surface area contributed by atoms with Crippen molar-refractivity contribution in [1.82, 2.24) is 9.47 Å². The molecule has 1 saturated carbocycles. The summed E-state index contributed by atoms with van der Waals surface area (Å²) < 4.78 is 28.7. The van der Waals surface area contributed by atoms with E-state index in [1.54, 1.807) is 13.2 Å². The van der Waals surface area contributed by atoms with Crippen LogP contribution in [0.4, 0.5) is 10.1 Å². The van der Waals surface area contributed by atoms with Crippen LogP contribution in [0.1, 0.15) is 40.4 Å². The van der Waals surface area contributed by atoms with Crippen molar-refractivity contribution in [3.63, 3.8) is 0 Å². The molecule has 0 atom stereocenters. The molecule has 41 heavy (non-hydrogen) atoms. The number of anilines is 1. The molecule has 1 saturated heterocycles. The summed E-state index contributed by atoms with van der Waals surface area (Å²) >= 11 is 0. The highest BCUT2D eigenvalue weighted by molar-refractivity contribution is 5.93. The van der Waals surface area contributed by atoms with Crippen molar-refractivity contribution in [2.75, 3.05) is 38.2 Å². The summed E-state index contributed by atoms with van der Waals surface area (Å²) in [5, 5.41) is 9.60. The summed E-state index contributed by atoms with van der Waals surface area (Å²) in [5.74, 6) is -0.428. The number of carbonyl (C=O) groups is 1. The van der Waals surface area contributed by atoms with Gasteiger partial charge in [0.25, 0.3) is 0 Å². The van der Waals surface area contributed by atoms with E-state index in [0.29, 0.717) is 42.4 Å². The Kier molecular flexibility index (Phi) is 7.36. The zero-order valence-corrected chi connectivity index (χ0v) is 22.9. The lowest BCUT2D eigenvalue weighted by Gasteiger charge is -2.36. The number of hydrogen-bond donors (Lipinski definition) is 1. The highest BCUT2D eigenvalue weighted by atomic mass is 19.1. The number of piperazine rings is 1. The minimum absolute atomic E-state index is 0.113. The standard InChI is InChI=1S/C32H32FN3O5/c1-40-30-15-22(7-10-29(30)41-20-21-5-3-2-4-6-21)18-34-11-13-35(14-12-34)28-17-27-24(16-26(28)33)31(37)25(32(38)39)19-36(27)23-8-9-23/h2-7,10,15-17,19,23H,8-9,11-14,18,20H2,1H3,(H,38,39). The first kappa shape index (κ1) is 26.8. The van der Waals surface area contributed by atoms with E-state index in [1.165, 1.54) is 12.3 Å². The third-order valence-electron chi connectivity index (χ3n) is 7.86. The fourth-order valence-corrected chi connectivity index (χ4v) is 5.48. The first-order valence-electron chi connectivity index (χ1n) is 13.8. The minimum Gasteiger partial charge on any atom is -0.493 e. The van der Waals surface area contributed by atoms with Crippen LogP contribution in [0, 0.1) is 5.82 Å². The highest BCUT2D eigenvalue weighted by Gasteiger charge is 2.28. The third kappa shape index (κ3) is 5.63. The molecule has 2 aliphatic rings. The van der Waals surface area contributed by atoms with Crippen LogP contribution in [0.2, 0.25) is 0 Å². The average molecular weight is 558 g/mol. The van der Waals surface area contributed by atoms with Gasteiger partial charge in [-0.2, -0.15) is 0 Å². The quantitative estimate of drug-likeness (QED) is 0.307. The second-order valence-corrected chi connectivity index (χ2v) is 10.7. The first-order valence-corrected chi connectivity index (χ1v) is 13.8. The Balaban J connectivity index is 1.14. The molecule has 9 heteroatoms. The van der Waals surface area contributed by atoms with Gasteiger partial charge in [0.1, 0.15) is 18.0 Å². The van der Waals surface area contributed by atoms with Crippen molar-refractivity contribution in [3.8, 4) is 11.5 Å². The normalized spacial score (nSPS) is 15.7. The van der Waals surface area contributed by atoms with Gasteiger partial charge in [0, 0.05) is 50.3 Å². The van der Waals surface area contributed by atoms with Crippen molar-refractivity contribution in [2.24, 2.45) is 0 Å². The van der Waals surface area contributed by atoms with Crippen LogP contribution in [0.25, 0.3) is 10.9 Å². The van der Waals surface area contributed by atoms with Gasteiger partial charge in [-0.15, -0.1) is 0 Å². The summed E-state index contributed by atoms with van der Waals surface area (Å²) in [6.07, 6.45) is 3.23. The van der Waals surface area contributed by atoms with Crippen LogP contribution in [0.5, 0.6) is 11.5 Å². The molecule has 2 heterocycles. The molecule has 1 aliphatic carbocycles. The maximum atomic E-state index is 15.3. The number of carboxylic acid groups (broad SMARTS) is 1. The monoisotopic (exact) mass is 557 g/mol. The predicted molar refractivity (Wildman–Crippen MR) is 155 cm³/mol. The molecule has 3 aromatic carbocycles. The molecule has 2 fully saturated rings. The Bertz CT molecular complexity index is 1640. The van der Waals surface area contributed by atoms with Crippen molar-refractivity contribution >= 4 is 22.6 Å². The number of rotatable bonds is 9. The Morgan fingerprint density at radius 3 is 2.41 bits per heavy atom. The summed E-state index contributed by atoms with van der Waals surface area (Å²) in [6.45, 7) is 3.90. The number of ether oxygens (including phenoxy) is 2. The SMILES string of the molecule is COc1cc(CN2CCN(c3cc4c(cc3F)c(=O)c(C(=O)O)cn4C3CC3)CC2)ccc1OCc1ccccc1. The lowest BCUT2D eigenvalue weighted by Crippen LogP contribution is -2.46. The molecule has 0 amide bonds. The molecule has 8 nitrogen and oxygen atoms in total. The van der Waals surface area contributed by atoms with Gasteiger partial charge in [-0.25, -0.2) is 9.18 Å². The number of fused-ring (bicyclic) bond motifs is 1. The van der Waals surface area contributed by atoms with E-state index >= 15 is 4.39 Å². The van der Waals surface area contributed by atoms with Gasteiger partial charge in [-0.3, -0.25) is 9.69 Å². The Labute approximate surface area is 237 Å². The van der Waals surface area contributed by atoms with Gasteiger partial charge in [0.05, 0.1) is 18.3 Å². The molecular weight excluding hydrogens is 525 g/mol. The van der Waals surface area contributed by atoms with E-state index in [-0.39, 0.29) is 17.0 Å². The van der Waals surface area contributed by atoms with Gasteiger partial charge >= 0.3 is 5.97 Å². The molecule has 0 spiro atoms. The Morgan fingerprint density at radius 1 is 0.976 bits per heavy atom. The van der Waals surface area contributed by atoms with Crippen LogP contribution < -0.4 is 19.8 Å². The van der Waals surface area contributed by atoms with E-state index in [0.717, 1.165) is 43.6 Å². The van der Waals surface area contributed by atoms with Gasteiger partial charge < -0.3 is 24.0 Å². The van der Waals surface area contributed by atoms with Crippen LogP contribution in [-0.2, 0) is 13.2 Å². The summed E-state index contributed by atoms with van der Waals surface area (Å²) in [5.41, 5.74) is 2.24. The lowest BCUT2D eigenvalue weighted by atomic mass is 10.1. The second-order valence-electron chi connectivity index (χ2n) is 10.7. The van der Waals surface area contributed by atoms with E-state index in [1.807, 2.05) is 58.0 Å². The Morgan fingerprint density at radius 2 is 1.73 bits per heavy atom. The third-order valence-corrected chi connectivity index (χ3v) is 7.86. The maximum absolute atomic E-state index is 15.3. The fraction of sp³-hybridized carbons (Fsp3) is 0.312. The molecule has 1 N–H and O–H groups in total. The molecule has 0 radical (unpaired) electrons. The van der Waals surface area contributed by atoms with Gasteiger partial charge in [-0.1, -0.05) is 36.4 Å². The second kappa shape index (κ2) is 11.2. The summed E-state index contributed by atoms with van der Waals surface area (Å²) in [4.78, 5) is 28.7. The van der Waals surface area contributed by atoms with E-state index in [9.17, 15) is 14.7 Å². The van der Waals surface area contributed by atoms with Crippen molar-refractivity contribution in [3.05, 3.63) is 99.6 Å². The molecule has 1 aliphatic heterocycles. The number of benzene rings is 3.